The molecule has 0 aromatic heterocycles. The standard InChI is InChI=1S/C25H16F2N4O4S/c26-16-4-8-18(9-5-16)29-23(32)21(14-28)25-30(19-10-6-17(27)7-11-19)24(33)22(36-25)13-15-2-1-3-20(12-15)31(34)35/h1-12,22H,13H2,(H,29,32)/b25-21+/t22-/m1/s1. The minimum Gasteiger partial charge on any atom is -0.321 e. The quantitative estimate of drug-likeness (QED) is 0.219. The topological polar surface area (TPSA) is 116 Å². The van der Waals surface area contributed by atoms with Crippen LogP contribution in [0.1, 0.15) is 5.56 Å². The molecule has 1 heterocycles. The lowest BCUT2D eigenvalue weighted by molar-refractivity contribution is -0.384. The van der Waals surface area contributed by atoms with Gasteiger partial charge in [0.05, 0.1) is 10.2 Å². The number of anilines is 2. The first-order valence-electron chi connectivity index (χ1n) is 10.5. The number of amides is 2. The largest absolute Gasteiger partial charge is 0.321 e. The number of hydrogen-bond donors (Lipinski definition) is 1. The van der Waals surface area contributed by atoms with E-state index in [1.54, 1.807) is 6.07 Å². The van der Waals surface area contributed by atoms with E-state index in [1.807, 2.05) is 6.07 Å². The number of thioether (sulfide) groups is 1. The summed E-state index contributed by atoms with van der Waals surface area (Å²) in [5.74, 6) is -2.33. The van der Waals surface area contributed by atoms with E-state index in [4.69, 9.17) is 0 Å². The second kappa shape index (κ2) is 10.4. The van der Waals surface area contributed by atoms with Crippen molar-refractivity contribution >= 4 is 40.6 Å². The molecular weight excluding hydrogens is 490 g/mol. The molecule has 0 radical (unpaired) electrons. The van der Waals surface area contributed by atoms with E-state index in [9.17, 15) is 33.7 Å². The van der Waals surface area contributed by atoms with Crippen molar-refractivity contribution in [3.8, 4) is 6.07 Å². The highest BCUT2D eigenvalue weighted by Gasteiger charge is 2.41. The highest BCUT2D eigenvalue weighted by atomic mass is 32.2. The fourth-order valence-electron chi connectivity index (χ4n) is 3.55. The van der Waals surface area contributed by atoms with Crippen LogP contribution in [0.15, 0.2) is 83.4 Å². The van der Waals surface area contributed by atoms with Crippen LogP contribution in [0.3, 0.4) is 0 Å². The molecule has 1 fully saturated rings. The summed E-state index contributed by atoms with van der Waals surface area (Å²) in [4.78, 5) is 38.1. The molecule has 3 aromatic carbocycles. The Morgan fingerprint density at radius 2 is 1.72 bits per heavy atom. The first-order valence-corrected chi connectivity index (χ1v) is 11.4. The fourth-order valence-corrected chi connectivity index (χ4v) is 4.86. The van der Waals surface area contributed by atoms with E-state index in [0.29, 0.717) is 5.56 Å². The molecule has 1 aliphatic heterocycles. The van der Waals surface area contributed by atoms with Crippen LogP contribution >= 0.6 is 11.8 Å². The Kier molecular flexibility index (Phi) is 7.07. The number of nitriles is 1. The molecule has 11 heteroatoms. The summed E-state index contributed by atoms with van der Waals surface area (Å²) in [6.07, 6.45) is 0.0880. The van der Waals surface area contributed by atoms with E-state index in [1.165, 1.54) is 42.5 Å². The van der Waals surface area contributed by atoms with Gasteiger partial charge in [0.1, 0.15) is 28.3 Å². The van der Waals surface area contributed by atoms with Gasteiger partial charge in [-0.3, -0.25) is 24.6 Å². The molecule has 0 unspecified atom stereocenters. The summed E-state index contributed by atoms with van der Waals surface area (Å²) in [5.41, 5.74) is 0.497. The Morgan fingerprint density at radius 1 is 1.08 bits per heavy atom. The molecule has 1 N–H and O–H groups in total. The van der Waals surface area contributed by atoms with Crippen molar-refractivity contribution < 1.29 is 23.3 Å². The Hall–Kier alpha value is -4.56. The number of nitrogens with zero attached hydrogens (tertiary/aromatic N) is 3. The molecule has 36 heavy (non-hydrogen) atoms. The van der Waals surface area contributed by atoms with Gasteiger partial charge in [-0.15, -0.1) is 0 Å². The number of carbonyl (C=O) groups is 2. The third kappa shape index (κ3) is 5.24. The van der Waals surface area contributed by atoms with E-state index in [0.717, 1.165) is 40.9 Å². The van der Waals surface area contributed by atoms with Crippen LogP contribution in [-0.4, -0.2) is 22.0 Å². The van der Waals surface area contributed by atoms with Crippen LogP contribution in [0.25, 0.3) is 0 Å². The van der Waals surface area contributed by atoms with Crippen molar-refractivity contribution in [2.24, 2.45) is 0 Å². The van der Waals surface area contributed by atoms with Crippen LogP contribution in [0, 0.1) is 33.1 Å². The molecule has 4 rings (SSSR count). The van der Waals surface area contributed by atoms with E-state index >= 15 is 0 Å². The molecule has 0 aliphatic carbocycles. The third-order valence-corrected chi connectivity index (χ3v) is 6.50. The zero-order valence-corrected chi connectivity index (χ0v) is 19.2. The van der Waals surface area contributed by atoms with Gasteiger partial charge >= 0.3 is 0 Å². The Labute approximate surface area is 208 Å². The van der Waals surface area contributed by atoms with Crippen molar-refractivity contribution in [3.63, 3.8) is 0 Å². The highest BCUT2D eigenvalue weighted by molar-refractivity contribution is 8.05. The molecule has 0 bridgehead atoms. The number of nitro benzene ring substituents is 1. The molecule has 2 amide bonds. The SMILES string of the molecule is N#C/C(C(=O)Nc1ccc(F)cc1)=C1\S[C@H](Cc2cccc([N+](=O)[O-])c2)C(=O)N1c1ccc(F)cc1. The maximum Gasteiger partial charge on any atom is 0.269 e. The lowest BCUT2D eigenvalue weighted by atomic mass is 10.1. The number of nitro groups is 1. The molecule has 3 aromatic rings. The smallest absolute Gasteiger partial charge is 0.269 e. The molecule has 1 saturated heterocycles. The zero-order chi connectivity index (χ0) is 25.8. The summed E-state index contributed by atoms with van der Waals surface area (Å²) >= 11 is 0.958. The lowest BCUT2D eigenvalue weighted by Gasteiger charge is -2.18. The molecule has 8 nitrogen and oxygen atoms in total. The first-order chi connectivity index (χ1) is 17.3. The Balaban J connectivity index is 1.72. The van der Waals surface area contributed by atoms with Crippen LogP contribution in [-0.2, 0) is 16.0 Å². The van der Waals surface area contributed by atoms with Gasteiger partial charge in [-0.1, -0.05) is 23.9 Å². The van der Waals surface area contributed by atoms with Crippen LogP contribution in [0.2, 0.25) is 0 Å². The predicted octanol–water partition coefficient (Wildman–Crippen LogP) is 4.94. The Morgan fingerprint density at radius 3 is 2.33 bits per heavy atom. The number of halogens is 2. The molecule has 1 atom stereocenters. The molecule has 0 saturated carbocycles. The number of benzene rings is 3. The van der Waals surface area contributed by atoms with Crippen molar-refractivity contribution in [2.75, 3.05) is 10.2 Å². The summed E-state index contributed by atoms with van der Waals surface area (Å²) in [7, 11) is 0. The number of nitrogens with one attached hydrogen (secondary N) is 1. The van der Waals surface area contributed by atoms with Gasteiger partial charge in [0.25, 0.3) is 11.6 Å². The van der Waals surface area contributed by atoms with Crippen molar-refractivity contribution in [2.45, 2.75) is 11.7 Å². The number of hydrogen-bond acceptors (Lipinski definition) is 6. The van der Waals surface area contributed by atoms with Gasteiger partial charge in [0, 0.05) is 23.5 Å². The van der Waals surface area contributed by atoms with Gasteiger partial charge in [-0.2, -0.15) is 5.26 Å². The summed E-state index contributed by atoms with van der Waals surface area (Å²) < 4.78 is 26.8. The van der Waals surface area contributed by atoms with Gasteiger partial charge in [-0.05, 0) is 60.5 Å². The van der Waals surface area contributed by atoms with Crippen molar-refractivity contribution in [1.82, 2.24) is 0 Å². The highest BCUT2D eigenvalue weighted by Crippen LogP contribution is 2.42. The van der Waals surface area contributed by atoms with E-state index in [2.05, 4.69) is 5.32 Å². The normalized spacial score (nSPS) is 16.4. The van der Waals surface area contributed by atoms with Gasteiger partial charge in [0.15, 0.2) is 0 Å². The first kappa shape index (κ1) is 24.6. The molecule has 0 spiro atoms. The van der Waals surface area contributed by atoms with Gasteiger partial charge < -0.3 is 5.32 Å². The monoisotopic (exact) mass is 506 g/mol. The van der Waals surface area contributed by atoms with Gasteiger partial charge in [0.2, 0.25) is 5.91 Å². The van der Waals surface area contributed by atoms with Crippen LogP contribution < -0.4 is 10.2 Å². The number of rotatable bonds is 6. The molecule has 1 aliphatic rings. The third-order valence-electron chi connectivity index (χ3n) is 5.23. The van der Waals surface area contributed by atoms with Gasteiger partial charge in [-0.25, -0.2) is 8.78 Å². The summed E-state index contributed by atoms with van der Waals surface area (Å²) in [6.45, 7) is 0. The number of carbonyl (C=O) groups excluding carboxylic acids is 2. The molecule has 180 valence electrons. The lowest BCUT2D eigenvalue weighted by Crippen LogP contribution is -2.31. The average molecular weight is 506 g/mol. The predicted molar refractivity (Wildman–Crippen MR) is 130 cm³/mol. The minimum absolute atomic E-state index is 0.0316. The maximum absolute atomic E-state index is 13.5. The minimum atomic E-state index is -0.817. The molecular formula is C25H16F2N4O4S. The summed E-state index contributed by atoms with van der Waals surface area (Å²) in [6, 6.07) is 17.6. The zero-order valence-electron chi connectivity index (χ0n) is 18.4. The number of non-ortho nitro benzene ring substituents is 1. The van der Waals surface area contributed by atoms with Crippen molar-refractivity contribution in [3.05, 3.63) is 111 Å². The maximum atomic E-state index is 13.5. The van der Waals surface area contributed by atoms with Crippen LogP contribution in [0.4, 0.5) is 25.8 Å². The average Bonchev–Trinajstić information content (AvgIpc) is 3.17. The van der Waals surface area contributed by atoms with E-state index in [-0.39, 0.29) is 34.1 Å². The van der Waals surface area contributed by atoms with Crippen molar-refractivity contribution in [1.29, 1.82) is 5.26 Å². The second-order valence-corrected chi connectivity index (χ2v) is 8.83. The fraction of sp³-hybridized carbons (Fsp3) is 0.0800. The second-order valence-electron chi connectivity index (χ2n) is 7.64. The van der Waals surface area contributed by atoms with E-state index < -0.39 is 33.6 Å². The Bertz CT molecular complexity index is 1420. The summed E-state index contributed by atoms with van der Waals surface area (Å²) in [5, 5.41) is 22.7. The van der Waals surface area contributed by atoms with Crippen LogP contribution in [0.5, 0.6) is 0 Å².